The van der Waals surface area contributed by atoms with Crippen molar-refractivity contribution in [2.75, 3.05) is 23.0 Å². The molecular formula is C46H48N2O2. The van der Waals surface area contributed by atoms with Crippen LogP contribution in [0, 0.1) is 41.5 Å². The van der Waals surface area contributed by atoms with E-state index in [1.165, 1.54) is 44.5 Å². The molecule has 0 aliphatic carbocycles. The Kier molecular flexibility index (Phi) is 10.5. The van der Waals surface area contributed by atoms with Crippen LogP contribution in [0.1, 0.15) is 44.5 Å². The van der Waals surface area contributed by atoms with Crippen LogP contribution < -0.4 is 9.80 Å². The lowest BCUT2D eigenvalue weighted by atomic mass is 9.98. The maximum absolute atomic E-state index is 9.46. The highest BCUT2D eigenvalue weighted by atomic mass is 16.3. The van der Waals surface area contributed by atoms with Gasteiger partial charge in [0.05, 0.1) is 0 Å². The van der Waals surface area contributed by atoms with E-state index in [-0.39, 0.29) is 13.2 Å². The van der Waals surface area contributed by atoms with Crippen molar-refractivity contribution in [3.05, 3.63) is 166 Å². The first-order valence-corrected chi connectivity index (χ1v) is 17.5. The fourth-order valence-electron chi connectivity index (χ4n) is 6.64. The first kappa shape index (κ1) is 34.7. The van der Waals surface area contributed by atoms with Crippen molar-refractivity contribution in [2.24, 2.45) is 0 Å². The molecular weight excluding hydrogens is 613 g/mol. The number of hydrogen-bond acceptors (Lipinski definition) is 4. The Labute approximate surface area is 297 Å². The summed E-state index contributed by atoms with van der Waals surface area (Å²) in [4.78, 5) is 4.66. The monoisotopic (exact) mass is 660 g/mol. The normalized spacial score (nSPS) is 11.1. The van der Waals surface area contributed by atoms with E-state index in [0.29, 0.717) is 12.8 Å². The SMILES string of the molecule is Cc1ccc(N(c2ccc(CCO)cc2)c2ccc(-c3ccc(N(c4ccc(CCO)cc4)c4ccc(C)c(C)c4)c(C)c3)cc2C)cc1C. The molecule has 4 nitrogen and oxygen atoms in total. The fraction of sp³-hybridized carbons (Fsp3) is 0.217. The van der Waals surface area contributed by atoms with Crippen molar-refractivity contribution in [2.45, 2.75) is 54.4 Å². The Morgan fingerprint density at radius 1 is 0.360 bits per heavy atom. The van der Waals surface area contributed by atoms with Gasteiger partial charge >= 0.3 is 0 Å². The highest BCUT2D eigenvalue weighted by Gasteiger charge is 2.19. The van der Waals surface area contributed by atoms with E-state index in [0.717, 1.165) is 45.3 Å². The van der Waals surface area contributed by atoms with Gasteiger partial charge in [0.2, 0.25) is 0 Å². The highest BCUT2D eigenvalue weighted by Crippen LogP contribution is 2.41. The summed E-state index contributed by atoms with van der Waals surface area (Å²) in [5.74, 6) is 0. The Balaban J connectivity index is 1.38. The van der Waals surface area contributed by atoms with Gasteiger partial charge in [-0.05, 0) is 183 Å². The minimum absolute atomic E-state index is 0.142. The van der Waals surface area contributed by atoms with Crippen molar-refractivity contribution >= 4 is 34.1 Å². The topological polar surface area (TPSA) is 46.9 Å². The Hall–Kier alpha value is -5.16. The zero-order chi connectivity index (χ0) is 35.4. The maximum Gasteiger partial charge on any atom is 0.0491 e. The molecule has 0 atom stereocenters. The lowest BCUT2D eigenvalue weighted by molar-refractivity contribution is 0.299. The quantitative estimate of drug-likeness (QED) is 0.145. The zero-order valence-electron chi connectivity index (χ0n) is 30.2. The van der Waals surface area contributed by atoms with Gasteiger partial charge in [0, 0.05) is 47.3 Å². The molecule has 0 radical (unpaired) electrons. The van der Waals surface area contributed by atoms with E-state index >= 15 is 0 Å². The molecule has 0 unspecified atom stereocenters. The Morgan fingerprint density at radius 3 is 1.04 bits per heavy atom. The molecule has 6 aromatic carbocycles. The van der Waals surface area contributed by atoms with Gasteiger partial charge in [-0.2, -0.15) is 0 Å². The molecule has 0 aliphatic rings. The Morgan fingerprint density at radius 2 is 0.720 bits per heavy atom. The summed E-state index contributed by atoms with van der Waals surface area (Å²) in [7, 11) is 0. The third-order valence-electron chi connectivity index (χ3n) is 9.90. The van der Waals surface area contributed by atoms with Crippen molar-refractivity contribution in [1.82, 2.24) is 0 Å². The standard InChI is InChI=1S/C46H48N2O2/c1-31-7-15-43(29-33(31)3)47(41-17-9-37(10-18-41)23-25-49)45-21-13-39(27-35(45)5)40-14-22-46(36(6)28-40)48(44-16-8-32(2)34(4)30-44)42-19-11-38(12-20-42)24-26-50/h7-22,27-30,49-50H,23-26H2,1-6H3. The second-order valence-corrected chi connectivity index (χ2v) is 13.5. The van der Waals surface area contributed by atoms with Gasteiger partial charge in [-0.1, -0.05) is 48.5 Å². The van der Waals surface area contributed by atoms with Crippen molar-refractivity contribution < 1.29 is 10.2 Å². The van der Waals surface area contributed by atoms with E-state index in [1.54, 1.807) is 0 Å². The molecule has 0 amide bonds. The van der Waals surface area contributed by atoms with Crippen LogP contribution >= 0.6 is 0 Å². The predicted octanol–water partition coefficient (Wildman–Crippen LogP) is 11.2. The molecule has 2 N–H and O–H groups in total. The third-order valence-corrected chi connectivity index (χ3v) is 9.90. The molecule has 0 fully saturated rings. The zero-order valence-corrected chi connectivity index (χ0v) is 30.2. The van der Waals surface area contributed by atoms with E-state index in [1.807, 2.05) is 0 Å². The number of hydrogen-bond donors (Lipinski definition) is 2. The van der Waals surface area contributed by atoms with Gasteiger partial charge < -0.3 is 20.0 Å². The average Bonchev–Trinajstić information content (AvgIpc) is 3.11. The number of aliphatic hydroxyl groups is 2. The Bertz CT molecular complexity index is 1950. The predicted molar refractivity (Wildman–Crippen MR) is 211 cm³/mol. The summed E-state index contributed by atoms with van der Waals surface area (Å²) < 4.78 is 0. The van der Waals surface area contributed by atoms with Crippen LogP contribution in [0.4, 0.5) is 34.1 Å². The summed E-state index contributed by atoms with van der Waals surface area (Å²) >= 11 is 0. The van der Waals surface area contributed by atoms with E-state index in [9.17, 15) is 10.2 Å². The van der Waals surface area contributed by atoms with Crippen LogP contribution in [0.25, 0.3) is 11.1 Å². The van der Waals surface area contributed by atoms with Crippen LogP contribution in [-0.2, 0) is 12.8 Å². The summed E-state index contributed by atoms with van der Waals surface area (Å²) in [5, 5.41) is 18.9. The van der Waals surface area contributed by atoms with Gasteiger partial charge in [0.1, 0.15) is 0 Å². The molecule has 0 aromatic heterocycles. The first-order chi connectivity index (χ1) is 24.2. The summed E-state index contributed by atoms with van der Waals surface area (Å²) in [6.45, 7) is 13.3. The van der Waals surface area contributed by atoms with E-state index in [2.05, 4.69) is 173 Å². The lowest BCUT2D eigenvalue weighted by Crippen LogP contribution is -2.12. The van der Waals surface area contributed by atoms with Gasteiger partial charge in [-0.3, -0.25) is 0 Å². The van der Waals surface area contributed by atoms with Gasteiger partial charge in [0.15, 0.2) is 0 Å². The second kappa shape index (κ2) is 15.2. The maximum atomic E-state index is 9.46. The number of nitrogens with zero attached hydrogens (tertiary/aromatic N) is 2. The number of rotatable bonds is 11. The second-order valence-electron chi connectivity index (χ2n) is 13.5. The molecule has 0 aliphatic heterocycles. The molecule has 6 rings (SSSR count). The smallest absolute Gasteiger partial charge is 0.0491 e. The first-order valence-electron chi connectivity index (χ1n) is 17.5. The number of aliphatic hydroxyl groups excluding tert-OH is 2. The molecule has 0 bridgehead atoms. The highest BCUT2D eigenvalue weighted by molar-refractivity contribution is 5.83. The summed E-state index contributed by atoms with van der Waals surface area (Å²) in [5.41, 5.74) is 18.7. The molecule has 6 aromatic rings. The van der Waals surface area contributed by atoms with Crippen LogP contribution in [0.2, 0.25) is 0 Å². The molecule has 0 heterocycles. The minimum atomic E-state index is 0.142. The third kappa shape index (κ3) is 7.38. The van der Waals surface area contributed by atoms with Crippen molar-refractivity contribution in [1.29, 1.82) is 0 Å². The van der Waals surface area contributed by atoms with Crippen LogP contribution in [-0.4, -0.2) is 23.4 Å². The molecule has 4 heteroatoms. The summed E-state index contributed by atoms with van der Waals surface area (Å²) in [6, 6.07) is 43.8. The van der Waals surface area contributed by atoms with Crippen LogP contribution in [0.15, 0.2) is 121 Å². The molecule has 254 valence electrons. The van der Waals surface area contributed by atoms with Gasteiger partial charge in [-0.15, -0.1) is 0 Å². The van der Waals surface area contributed by atoms with Gasteiger partial charge in [0.25, 0.3) is 0 Å². The van der Waals surface area contributed by atoms with Crippen LogP contribution in [0.3, 0.4) is 0 Å². The molecule has 0 saturated heterocycles. The largest absolute Gasteiger partial charge is 0.396 e. The van der Waals surface area contributed by atoms with Crippen molar-refractivity contribution in [3.63, 3.8) is 0 Å². The van der Waals surface area contributed by atoms with E-state index < -0.39 is 0 Å². The average molecular weight is 661 g/mol. The van der Waals surface area contributed by atoms with Crippen LogP contribution in [0.5, 0.6) is 0 Å². The molecule has 0 saturated carbocycles. The molecule has 0 spiro atoms. The van der Waals surface area contributed by atoms with E-state index in [4.69, 9.17) is 0 Å². The number of anilines is 6. The fourth-order valence-corrected chi connectivity index (χ4v) is 6.64. The minimum Gasteiger partial charge on any atom is -0.396 e. The number of benzene rings is 6. The molecule has 50 heavy (non-hydrogen) atoms. The van der Waals surface area contributed by atoms with Gasteiger partial charge in [-0.25, -0.2) is 0 Å². The lowest BCUT2D eigenvalue weighted by Gasteiger charge is -2.29. The summed E-state index contributed by atoms with van der Waals surface area (Å²) in [6.07, 6.45) is 1.30. The number of aryl methyl sites for hydroxylation is 6. The van der Waals surface area contributed by atoms with Crippen molar-refractivity contribution in [3.8, 4) is 11.1 Å².